The van der Waals surface area contributed by atoms with Gasteiger partial charge in [0.1, 0.15) is 5.75 Å². The number of hydrogen-bond donors (Lipinski definition) is 0. The highest BCUT2D eigenvalue weighted by molar-refractivity contribution is 5.89. The standard InChI is InChI=1S/C18H14F4O3/c1-3-5-12-13(19)15(21)17(16(22)14(12)20)25-11-8-6-10(7-9-11)18(23)24-4-2/h3,5-9H,4H2,1-2H3/b5-3+. The Morgan fingerprint density at radius 1 is 1.00 bits per heavy atom. The topological polar surface area (TPSA) is 35.5 Å². The minimum absolute atomic E-state index is 0.108. The Hall–Kier alpha value is -2.83. The third-order valence-corrected chi connectivity index (χ3v) is 3.18. The molecule has 0 N–H and O–H groups in total. The van der Waals surface area contributed by atoms with Gasteiger partial charge < -0.3 is 9.47 Å². The predicted molar refractivity (Wildman–Crippen MR) is 83.5 cm³/mol. The minimum atomic E-state index is -1.65. The van der Waals surface area contributed by atoms with Gasteiger partial charge in [-0.2, -0.15) is 8.78 Å². The molecule has 0 aliphatic carbocycles. The molecular weight excluding hydrogens is 340 g/mol. The molecule has 0 atom stereocenters. The van der Waals surface area contributed by atoms with E-state index in [0.717, 1.165) is 6.08 Å². The molecule has 0 saturated heterocycles. The van der Waals surface area contributed by atoms with Gasteiger partial charge in [0, 0.05) is 0 Å². The van der Waals surface area contributed by atoms with Crippen LogP contribution in [0.4, 0.5) is 17.6 Å². The van der Waals surface area contributed by atoms with E-state index in [9.17, 15) is 22.4 Å². The zero-order valence-electron chi connectivity index (χ0n) is 13.4. The van der Waals surface area contributed by atoms with Crippen LogP contribution >= 0.6 is 0 Å². The van der Waals surface area contributed by atoms with Crippen molar-refractivity contribution in [1.29, 1.82) is 0 Å². The van der Waals surface area contributed by atoms with Crippen molar-refractivity contribution in [3.05, 3.63) is 64.7 Å². The Labute approximate surface area is 141 Å². The molecule has 0 aromatic heterocycles. The predicted octanol–water partition coefficient (Wildman–Crippen LogP) is 5.25. The molecule has 2 aromatic carbocycles. The first-order valence-corrected chi connectivity index (χ1v) is 7.34. The number of hydrogen-bond acceptors (Lipinski definition) is 3. The van der Waals surface area contributed by atoms with E-state index in [1.807, 2.05) is 0 Å². The lowest BCUT2D eigenvalue weighted by Gasteiger charge is -2.11. The van der Waals surface area contributed by atoms with Gasteiger partial charge in [0.05, 0.1) is 17.7 Å². The molecule has 7 heteroatoms. The van der Waals surface area contributed by atoms with E-state index in [-0.39, 0.29) is 17.9 Å². The monoisotopic (exact) mass is 354 g/mol. The summed E-state index contributed by atoms with van der Waals surface area (Å²) in [5.74, 6) is -8.32. The van der Waals surface area contributed by atoms with E-state index in [0.29, 0.717) is 0 Å². The molecule has 2 aromatic rings. The maximum atomic E-state index is 14.0. The number of rotatable bonds is 5. The fourth-order valence-corrected chi connectivity index (χ4v) is 2.02. The Bertz CT molecular complexity index is 785. The molecule has 0 saturated carbocycles. The second-order valence-corrected chi connectivity index (χ2v) is 4.85. The Morgan fingerprint density at radius 2 is 1.56 bits per heavy atom. The molecule has 0 aliphatic heterocycles. The van der Waals surface area contributed by atoms with Crippen LogP contribution in [0.25, 0.3) is 6.08 Å². The van der Waals surface area contributed by atoms with Crippen molar-refractivity contribution >= 4 is 12.0 Å². The highest BCUT2D eigenvalue weighted by Gasteiger charge is 2.26. The van der Waals surface area contributed by atoms with Gasteiger partial charge >= 0.3 is 5.97 Å². The van der Waals surface area contributed by atoms with Gasteiger partial charge in [-0.1, -0.05) is 12.2 Å². The molecule has 0 radical (unpaired) electrons. The summed E-state index contributed by atoms with van der Waals surface area (Å²) in [6.45, 7) is 3.27. The van der Waals surface area contributed by atoms with E-state index in [1.54, 1.807) is 6.92 Å². The van der Waals surface area contributed by atoms with E-state index >= 15 is 0 Å². The molecule has 0 aliphatic rings. The minimum Gasteiger partial charge on any atom is -0.462 e. The summed E-state index contributed by atoms with van der Waals surface area (Å²) in [6.07, 6.45) is 2.16. The molecule has 0 fully saturated rings. The summed E-state index contributed by atoms with van der Waals surface area (Å²) in [7, 11) is 0. The number of allylic oxidation sites excluding steroid dienone is 1. The number of halogens is 4. The fourth-order valence-electron chi connectivity index (χ4n) is 2.02. The quantitative estimate of drug-likeness (QED) is 0.418. The third-order valence-electron chi connectivity index (χ3n) is 3.18. The lowest BCUT2D eigenvalue weighted by Crippen LogP contribution is -2.05. The van der Waals surface area contributed by atoms with E-state index in [1.165, 1.54) is 37.3 Å². The molecule has 0 bridgehead atoms. The first-order valence-electron chi connectivity index (χ1n) is 7.34. The number of esters is 1. The van der Waals surface area contributed by atoms with Crippen LogP contribution in [0, 0.1) is 23.3 Å². The zero-order valence-corrected chi connectivity index (χ0v) is 13.4. The molecule has 0 unspecified atom stereocenters. The van der Waals surface area contributed by atoms with Crippen molar-refractivity contribution < 1.29 is 31.8 Å². The van der Waals surface area contributed by atoms with E-state index in [4.69, 9.17) is 9.47 Å². The number of ether oxygens (including phenoxy) is 2. The summed E-state index contributed by atoms with van der Waals surface area (Å²) in [5.41, 5.74) is -0.640. The summed E-state index contributed by atoms with van der Waals surface area (Å²) < 4.78 is 65.5. The van der Waals surface area contributed by atoms with Crippen molar-refractivity contribution in [2.75, 3.05) is 6.61 Å². The van der Waals surface area contributed by atoms with E-state index < -0.39 is 40.6 Å². The average molecular weight is 354 g/mol. The van der Waals surface area contributed by atoms with Gasteiger partial charge in [-0.25, -0.2) is 13.6 Å². The van der Waals surface area contributed by atoms with Gasteiger partial charge in [-0.15, -0.1) is 0 Å². The molecule has 0 heterocycles. The van der Waals surface area contributed by atoms with Gasteiger partial charge in [0.2, 0.25) is 17.4 Å². The van der Waals surface area contributed by atoms with Crippen LogP contribution < -0.4 is 4.74 Å². The summed E-state index contributed by atoms with van der Waals surface area (Å²) in [4.78, 5) is 11.5. The van der Waals surface area contributed by atoms with Gasteiger partial charge in [-0.05, 0) is 38.1 Å². The Kier molecular flexibility index (Phi) is 5.80. The highest BCUT2D eigenvalue weighted by atomic mass is 19.2. The maximum Gasteiger partial charge on any atom is 0.338 e. The van der Waals surface area contributed by atoms with Gasteiger partial charge in [0.25, 0.3) is 0 Å². The Morgan fingerprint density at radius 3 is 2.04 bits per heavy atom. The van der Waals surface area contributed by atoms with Crippen LogP contribution in [0.5, 0.6) is 11.5 Å². The van der Waals surface area contributed by atoms with Crippen molar-refractivity contribution in [2.45, 2.75) is 13.8 Å². The van der Waals surface area contributed by atoms with Crippen molar-refractivity contribution in [2.24, 2.45) is 0 Å². The second kappa shape index (κ2) is 7.83. The van der Waals surface area contributed by atoms with Crippen LogP contribution in [0.1, 0.15) is 29.8 Å². The Balaban J connectivity index is 2.36. The molecule has 0 spiro atoms. The second-order valence-electron chi connectivity index (χ2n) is 4.85. The summed E-state index contributed by atoms with van der Waals surface area (Å²) >= 11 is 0. The largest absolute Gasteiger partial charge is 0.462 e. The van der Waals surface area contributed by atoms with Crippen LogP contribution in [0.3, 0.4) is 0 Å². The van der Waals surface area contributed by atoms with E-state index in [2.05, 4.69) is 0 Å². The van der Waals surface area contributed by atoms with Crippen LogP contribution in [-0.4, -0.2) is 12.6 Å². The highest BCUT2D eigenvalue weighted by Crippen LogP contribution is 2.34. The third kappa shape index (κ3) is 3.81. The van der Waals surface area contributed by atoms with Crippen LogP contribution in [0.15, 0.2) is 30.3 Å². The zero-order chi connectivity index (χ0) is 18.6. The van der Waals surface area contributed by atoms with Crippen molar-refractivity contribution in [3.63, 3.8) is 0 Å². The summed E-state index contributed by atoms with van der Waals surface area (Å²) in [6, 6.07) is 5.04. The lowest BCUT2D eigenvalue weighted by atomic mass is 10.1. The lowest BCUT2D eigenvalue weighted by molar-refractivity contribution is 0.0526. The first-order chi connectivity index (χ1) is 11.9. The number of carbonyl (C=O) groups excluding carboxylic acids is 1. The van der Waals surface area contributed by atoms with Crippen LogP contribution in [-0.2, 0) is 4.74 Å². The van der Waals surface area contributed by atoms with Gasteiger partial charge in [0.15, 0.2) is 11.6 Å². The smallest absolute Gasteiger partial charge is 0.338 e. The van der Waals surface area contributed by atoms with Crippen LogP contribution in [0.2, 0.25) is 0 Å². The number of benzene rings is 2. The van der Waals surface area contributed by atoms with Crippen molar-refractivity contribution in [3.8, 4) is 11.5 Å². The summed E-state index contributed by atoms with van der Waals surface area (Å²) in [5, 5.41) is 0. The number of carbonyl (C=O) groups is 1. The normalized spacial score (nSPS) is 11.0. The molecule has 132 valence electrons. The molecule has 3 nitrogen and oxygen atoms in total. The fraction of sp³-hybridized carbons (Fsp3) is 0.167. The molecule has 2 rings (SSSR count). The average Bonchev–Trinajstić information content (AvgIpc) is 2.61. The van der Waals surface area contributed by atoms with Crippen molar-refractivity contribution in [1.82, 2.24) is 0 Å². The molecular formula is C18H14F4O3. The molecule has 25 heavy (non-hydrogen) atoms. The first kappa shape index (κ1) is 18.5. The maximum absolute atomic E-state index is 14.0. The van der Waals surface area contributed by atoms with Gasteiger partial charge in [-0.3, -0.25) is 0 Å². The molecule has 0 amide bonds. The SMILES string of the molecule is C/C=C/c1c(F)c(F)c(Oc2ccc(C(=O)OCC)cc2)c(F)c1F.